The molecule has 0 radical (unpaired) electrons. The van der Waals surface area contributed by atoms with Crippen LogP contribution in [0.5, 0.6) is 0 Å². The predicted octanol–water partition coefficient (Wildman–Crippen LogP) is 2.12. The summed E-state index contributed by atoms with van der Waals surface area (Å²) in [5.41, 5.74) is 1.52. The molecular formula is C21H20N2O5S2. The van der Waals surface area contributed by atoms with E-state index in [0.717, 1.165) is 9.87 Å². The second kappa shape index (κ2) is 7.81. The molecule has 2 aliphatic rings. The van der Waals surface area contributed by atoms with Crippen LogP contribution < -0.4 is 5.32 Å². The quantitative estimate of drug-likeness (QED) is 0.429. The molecule has 4 rings (SSSR count). The van der Waals surface area contributed by atoms with Gasteiger partial charge in [-0.3, -0.25) is 9.59 Å². The lowest BCUT2D eigenvalue weighted by Crippen LogP contribution is -2.41. The standard InChI is InChI=1S/C21H20N2O5S2/c1-13-7-9-15(10-8-13)30(26,27)23-18(14-5-3-2-4-6-14)17(22-21(23)29)19(24)16-11-12-28-20(16)25/h2-10,16-18H,11-12H2,1H3,(H,22,29)/t16?,17-,18-/m0/s1. The van der Waals surface area contributed by atoms with E-state index >= 15 is 0 Å². The number of ether oxygens (including phenoxy) is 1. The molecule has 2 fully saturated rings. The van der Waals surface area contributed by atoms with E-state index in [4.69, 9.17) is 17.0 Å². The maximum atomic E-state index is 13.5. The average molecular weight is 445 g/mol. The Kier molecular flexibility index (Phi) is 5.33. The Morgan fingerprint density at radius 3 is 2.40 bits per heavy atom. The minimum absolute atomic E-state index is 0.0749. The first-order valence-electron chi connectivity index (χ1n) is 9.47. The fraction of sp³-hybridized carbons (Fsp3) is 0.286. The number of cyclic esters (lactones) is 1. The number of thiocarbonyl (C=S) groups is 1. The minimum atomic E-state index is -4.04. The number of aryl methyl sites for hydroxylation is 1. The van der Waals surface area contributed by atoms with Gasteiger partial charge in [0.15, 0.2) is 10.9 Å². The van der Waals surface area contributed by atoms with E-state index in [0.29, 0.717) is 5.56 Å². The van der Waals surface area contributed by atoms with Gasteiger partial charge in [0.2, 0.25) is 0 Å². The van der Waals surface area contributed by atoms with Crippen LogP contribution in [0.25, 0.3) is 0 Å². The number of Topliss-reactive ketones (excluding diaryl/α,β-unsaturated/α-hetero) is 1. The van der Waals surface area contributed by atoms with Crippen LogP contribution in [0.4, 0.5) is 0 Å². The predicted molar refractivity (Wildman–Crippen MR) is 113 cm³/mol. The Morgan fingerprint density at radius 2 is 1.80 bits per heavy atom. The van der Waals surface area contributed by atoms with Crippen molar-refractivity contribution in [3.8, 4) is 0 Å². The highest BCUT2D eigenvalue weighted by Gasteiger charge is 2.51. The molecule has 2 aromatic carbocycles. The Morgan fingerprint density at radius 1 is 1.13 bits per heavy atom. The Balaban J connectivity index is 1.79. The topological polar surface area (TPSA) is 92.8 Å². The van der Waals surface area contributed by atoms with Gasteiger partial charge in [0, 0.05) is 6.42 Å². The molecule has 156 valence electrons. The highest BCUT2D eigenvalue weighted by molar-refractivity contribution is 7.91. The highest BCUT2D eigenvalue weighted by Crippen LogP contribution is 2.37. The Hall–Kier alpha value is -2.78. The first-order valence-corrected chi connectivity index (χ1v) is 11.3. The maximum absolute atomic E-state index is 13.5. The number of nitrogens with one attached hydrogen (secondary N) is 1. The fourth-order valence-corrected chi connectivity index (χ4v) is 5.85. The summed E-state index contributed by atoms with van der Waals surface area (Å²) in [4.78, 5) is 25.3. The van der Waals surface area contributed by atoms with Gasteiger partial charge in [-0.15, -0.1) is 0 Å². The van der Waals surface area contributed by atoms with Crippen molar-refractivity contribution in [2.24, 2.45) is 5.92 Å². The summed E-state index contributed by atoms with van der Waals surface area (Å²) in [6.07, 6.45) is 0.273. The molecule has 2 aromatic rings. The third-order valence-electron chi connectivity index (χ3n) is 5.35. The van der Waals surface area contributed by atoms with Crippen LogP contribution in [0.2, 0.25) is 0 Å². The van der Waals surface area contributed by atoms with Gasteiger partial charge in [0.25, 0.3) is 10.0 Å². The number of esters is 1. The van der Waals surface area contributed by atoms with Gasteiger partial charge in [-0.25, -0.2) is 12.7 Å². The number of hydrogen-bond donors (Lipinski definition) is 1. The molecule has 2 aliphatic heterocycles. The summed E-state index contributed by atoms with van der Waals surface area (Å²) in [7, 11) is -4.04. The molecule has 7 nitrogen and oxygen atoms in total. The second-order valence-corrected chi connectivity index (χ2v) is 9.51. The summed E-state index contributed by atoms with van der Waals surface area (Å²) in [5, 5.41) is 2.78. The molecule has 2 heterocycles. The first-order chi connectivity index (χ1) is 14.3. The van der Waals surface area contributed by atoms with Crippen molar-refractivity contribution in [1.29, 1.82) is 0 Å². The highest BCUT2D eigenvalue weighted by atomic mass is 32.2. The van der Waals surface area contributed by atoms with Crippen LogP contribution >= 0.6 is 12.2 Å². The number of ketones is 1. The number of hydrogen-bond acceptors (Lipinski definition) is 6. The van der Waals surface area contributed by atoms with Crippen molar-refractivity contribution in [2.45, 2.75) is 30.3 Å². The van der Waals surface area contributed by atoms with E-state index in [9.17, 15) is 18.0 Å². The number of sulfonamides is 1. The van der Waals surface area contributed by atoms with Crippen LogP contribution in [0.3, 0.4) is 0 Å². The Labute approximate surface area is 180 Å². The monoisotopic (exact) mass is 444 g/mol. The van der Waals surface area contributed by atoms with E-state index in [1.54, 1.807) is 42.5 Å². The van der Waals surface area contributed by atoms with Crippen LogP contribution in [0, 0.1) is 12.8 Å². The summed E-state index contributed by atoms with van der Waals surface area (Å²) in [5.74, 6) is -1.94. The lowest BCUT2D eigenvalue weighted by atomic mass is 9.90. The van der Waals surface area contributed by atoms with Crippen LogP contribution in [0.1, 0.15) is 23.6 Å². The molecule has 3 atom stereocenters. The van der Waals surface area contributed by atoms with E-state index in [1.165, 1.54) is 12.1 Å². The summed E-state index contributed by atoms with van der Waals surface area (Å²) >= 11 is 5.36. The van der Waals surface area contributed by atoms with Crippen molar-refractivity contribution in [3.05, 3.63) is 65.7 Å². The molecule has 1 unspecified atom stereocenters. The molecule has 1 N–H and O–H groups in total. The van der Waals surface area contributed by atoms with Crippen molar-refractivity contribution in [3.63, 3.8) is 0 Å². The summed E-state index contributed by atoms with van der Waals surface area (Å²) in [6.45, 7) is 2.04. The smallest absolute Gasteiger partial charge is 0.316 e. The van der Waals surface area contributed by atoms with E-state index < -0.39 is 39.8 Å². The van der Waals surface area contributed by atoms with Gasteiger partial charge in [0.05, 0.1) is 17.5 Å². The van der Waals surface area contributed by atoms with Crippen molar-refractivity contribution in [1.82, 2.24) is 9.62 Å². The molecule has 9 heteroatoms. The van der Waals surface area contributed by atoms with Gasteiger partial charge < -0.3 is 10.1 Å². The van der Waals surface area contributed by atoms with E-state index in [2.05, 4.69) is 5.32 Å². The van der Waals surface area contributed by atoms with E-state index in [1.807, 2.05) is 6.92 Å². The zero-order valence-corrected chi connectivity index (χ0v) is 17.8. The molecule has 0 amide bonds. The van der Waals surface area contributed by atoms with Crippen LogP contribution in [0.15, 0.2) is 59.5 Å². The molecule has 0 aliphatic carbocycles. The third kappa shape index (κ3) is 3.48. The van der Waals surface area contributed by atoms with E-state index in [-0.39, 0.29) is 23.0 Å². The van der Waals surface area contributed by atoms with Gasteiger partial charge in [-0.05, 0) is 36.8 Å². The zero-order valence-electron chi connectivity index (χ0n) is 16.1. The molecule has 0 aromatic heterocycles. The van der Waals surface area contributed by atoms with Crippen LogP contribution in [-0.4, -0.2) is 42.2 Å². The zero-order chi connectivity index (χ0) is 21.5. The van der Waals surface area contributed by atoms with Gasteiger partial charge in [0.1, 0.15) is 12.0 Å². The number of carbonyl (C=O) groups excluding carboxylic acids is 2. The number of rotatable bonds is 5. The largest absolute Gasteiger partial charge is 0.465 e. The lowest BCUT2D eigenvalue weighted by Gasteiger charge is -2.27. The second-order valence-electron chi connectivity index (χ2n) is 7.31. The summed E-state index contributed by atoms with van der Waals surface area (Å²) in [6, 6.07) is 13.3. The SMILES string of the molecule is Cc1ccc(S(=O)(=O)N2C(=S)N[C@H](C(=O)C3CCOC3=O)[C@@H]2c2ccccc2)cc1. The lowest BCUT2D eigenvalue weighted by molar-refractivity contribution is -0.145. The van der Waals surface area contributed by atoms with Gasteiger partial charge >= 0.3 is 5.97 Å². The first kappa shape index (κ1) is 20.5. The fourth-order valence-electron chi connectivity index (χ4n) is 3.80. The molecule has 2 saturated heterocycles. The molecule has 0 bridgehead atoms. The van der Waals surface area contributed by atoms with Crippen LogP contribution in [-0.2, 0) is 24.3 Å². The van der Waals surface area contributed by atoms with Crippen molar-refractivity contribution < 1.29 is 22.7 Å². The third-order valence-corrected chi connectivity index (χ3v) is 7.58. The number of benzene rings is 2. The Bertz CT molecular complexity index is 1100. The maximum Gasteiger partial charge on any atom is 0.316 e. The van der Waals surface area contributed by atoms with Crippen molar-refractivity contribution >= 4 is 39.1 Å². The molecular weight excluding hydrogens is 424 g/mol. The summed E-state index contributed by atoms with van der Waals surface area (Å²) < 4.78 is 33.0. The average Bonchev–Trinajstić information content (AvgIpc) is 3.32. The normalized spacial score (nSPS) is 23.9. The number of carbonyl (C=O) groups is 2. The molecule has 30 heavy (non-hydrogen) atoms. The number of nitrogens with zero attached hydrogens (tertiary/aromatic N) is 1. The minimum Gasteiger partial charge on any atom is -0.465 e. The van der Waals surface area contributed by atoms with Crippen molar-refractivity contribution in [2.75, 3.05) is 6.61 Å². The van der Waals surface area contributed by atoms with Gasteiger partial charge in [-0.1, -0.05) is 48.0 Å². The van der Waals surface area contributed by atoms with Gasteiger partial charge in [-0.2, -0.15) is 0 Å². The molecule has 0 spiro atoms. The molecule has 0 saturated carbocycles.